The molecule has 4 saturated carbocycles. The van der Waals surface area contributed by atoms with E-state index in [0.717, 1.165) is 43.8 Å². The number of hydrogen-bond acceptors (Lipinski definition) is 3. The molecule has 0 aromatic carbocycles. The van der Waals surface area contributed by atoms with Crippen LogP contribution in [0.2, 0.25) is 0 Å². The van der Waals surface area contributed by atoms with Gasteiger partial charge in [-0.25, -0.2) is 0 Å². The van der Waals surface area contributed by atoms with E-state index in [9.17, 15) is 9.90 Å². The summed E-state index contributed by atoms with van der Waals surface area (Å²) in [5.74, 6) is 3.70. The van der Waals surface area contributed by atoms with E-state index in [1.807, 2.05) is 0 Å². The average Bonchev–Trinajstić information content (AvgIpc) is 2.90. The third kappa shape index (κ3) is 2.80. The zero-order valence-corrected chi connectivity index (χ0v) is 13.5. The highest BCUT2D eigenvalue weighted by Crippen LogP contribution is 2.61. The van der Waals surface area contributed by atoms with Gasteiger partial charge in [0.25, 0.3) is 0 Å². The molecule has 1 aliphatic heterocycles. The molecular formula is C18H30N2O2. The van der Waals surface area contributed by atoms with Crippen LogP contribution in [-0.4, -0.2) is 37.3 Å². The van der Waals surface area contributed by atoms with Crippen molar-refractivity contribution in [2.45, 2.75) is 44.9 Å². The molecule has 3 N–H and O–H groups in total. The second-order valence-corrected chi connectivity index (χ2v) is 8.76. The Morgan fingerprint density at radius 3 is 2.23 bits per heavy atom. The lowest BCUT2D eigenvalue weighted by atomic mass is 9.49. The van der Waals surface area contributed by atoms with Crippen molar-refractivity contribution in [2.75, 3.05) is 26.2 Å². The van der Waals surface area contributed by atoms with E-state index in [1.165, 1.54) is 38.5 Å². The Bertz CT molecular complexity index is 402. The average molecular weight is 306 g/mol. The summed E-state index contributed by atoms with van der Waals surface area (Å²) in [6.45, 7) is 2.75. The van der Waals surface area contributed by atoms with E-state index in [0.29, 0.717) is 17.3 Å². The summed E-state index contributed by atoms with van der Waals surface area (Å²) in [5, 5.41) is 15.8. The number of nitrogens with one attached hydrogen (secondary N) is 2. The third-order valence-corrected chi connectivity index (χ3v) is 6.98. The van der Waals surface area contributed by atoms with Crippen LogP contribution in [0.25, 0.3) is 0 Å². The summed E-state index contributed by atoms with van der Waals surface area (Å²) in [5.41, 5.74) is 0.336. The van der Waals surface area contributed by atoms with Crippen LogP contribution in [0, 0.1) is 35.0 Å². The molecule has 0 aromatic rings. The summed E-state index contributed by atoms with van der Waals surface area (Å²) >= 11 is 0. The van der Waals surface area contributed by atoms with Crippen molar-refractivity contribution in [3.05, 3.63) is 0 Å². The van der Waals surface area contributed by atoms with Gasteiger partial charge in [0.2, 0.25) is 5.91 Å². The molecule has 4 bridgehead atoms. The molecule has 5 aliphatic rings. The van der Waals surface area contributed by atoms with Crippen LogP contribution in [0.15, 0.2) is 0 Å². The Labute approximate surface area is 133 Å². The van der Waals surface area contributed by atoms with E-state index in [-0.39, 0.29) is 12.5 Å². The van der Waals surface area contributed by atoms with Gasteiger partial charge < -0.3 is 15.7 Å². The van der Waals surface area contributed by atoms with Gasteiger partial charge in [0, 0.05) is 38.6 Å². The van der Waals surface area contributed by atoms with E-state index < -0.39 is 0 Å². The first-order valence-electron chi connectivity index (χ1n) is 9.24. The standard InChI is InChI=1S/C18H30N2O2/c21-11-16-9-19-8-15(16)10-20-17(22)7-18-4-12-1-13(5-18)3-14(2-12)6-18/h12-16,19,21H,1-11H2,(H,20,22)/t12?,13?,14?,15-,16-,18?/m1/s1. The second-order valence-electron chi connectivity index (χ2n) is 8.76. The van der Waals surface area contributed by atoms with E-state index in [1.54, 1.807) is 0 Å². The molecule has 22 heavy (non-hydrogen) atoms. The molecule has 5 rings (SSSR count). The zero-order chi connectivity index (χ0) is 15.2. The van der Waals surface area contributed by atoms with Crippen LogP contribution in [0.3, 0.4) is 0 Å². The third-order valence-electron chi connectivity index (χ3n) is 6.98. The van der Waals surface area contributed by atoms with Gasteiger partial charge in [-0.15, -0.1) is 0 Å². The van der Waals surface area contributed by atoms with Gasteiger partial charge in [-0.3, -0.25) is 4.79 Å². The van der Waals surface area contributed by atoms with Crippen LogP contribution in [-0.2, 0) is 4.79 Å². The fourth-order valence-electron chi connectivity index (χ4n) is 6.39. The summed E-state index contributed by atoms with van der Waals surface area (Å²) < 4.78 is 0. The maximum atomic E-state index is 12.5. The lowest BCUT2D eigenvalue weighted by Gasteiger charge is -2.56. The minimum absolute atomic E-state index is 0.225. The molecule has 0 unspecified atom stereocenters. The molecule has 1 saturated heterocycles. The molecule has 1 amide bonds. The zero-order valence-electron chi connectivity index (χ0n) is 13.5. The highest BCUT2D eigenvalue weighted by atomic mass is 16.3. The second kappa shape index (κ2) is 5.79. The van der Waals surface area contributed by atoms with Gasteiger partial charge in [0.15, 0.2) is 0 Å². The fraction of sp³-hybridized carbons (Fsp3) is 0.944. The Kier molecular flexibility index (Phi) is 3.93. The van der Waals surface area contributed by atoms with Gasteiger partial charge in [-0.2, -0.15) is 0 Å². The summed E-state index contributed by atoms with van der Waals surface area (Å²) in [6, 6.07) is 0. The van der Waals surface area contributed by atoms with E-state index in [4.69, 9.17) is 0 Å². The van der Waals surface area contributed by atoms with Crippen LogP contribution < -0.4 is 10.6 Å². The van der Waals surface area contributed by atoms with Crippen LogP contribution in [0.4, 0.5) is 0 Å². The maximum absolute atomic E-state index is 12.5. The van der Waals surface area contributed by atoms with Gasteiger partial charge in [-0.05, 0) is 67.6 Å². The number of aliphatic hydroxyl groups is 1. The molecule has 0 radical (unpaired) electrons. The van der Waals surface area contributed by atoms with Crippen molar-refractivity contribution >= 4 is 5.91 Å². The normalized spacial score (nSPS) is 46.1. The predicted octanol–water partition coefficient (Wildman–Crippen LogP) is 1.54. The molecule has 5 fully saturated rings. The Morgan fingerprint density at radius 1 is 1.05 bits per heavy atom. The van der Waals surface area contributed by atoms with E-state index in [2.05, 4.69) is 10.6 Å². The lowest BCUT2D eigenvalue weighted by Crippen LogP contribution is -2.48. The Balaban J connectivity index is 1.31. The highest BCUT2D eigenvalue weighted by molar-refractivity contribution is 5.76. The molecule has 4 nitrogen and oxygen atoms in total. The first-order valence-corrected chi connectivity index (χ1v) is 9.24. The SMILES string of the molecule is O=C(CC12CC3CC(CC(C3)C1)C2)NC[C@H]1CNC[C@@H]1CO. The number of rotatable bonds is 5. The van der Waals surface area contributed by atoms with Gasteiger partial charge in [-0.1, -0.05) is 0 Å². The molecule has 1 heterocycles. The highest BCUT2D eigenvalue weighted by Gasteiger charge is 2.51. The lowest BCUT2D eigenvalue weighted by molar-refractivity contribution is -0.129. The molecule has 2 atom stereocenters. The smallest absolute Gasteiger partial charge is 0.220 e. The Hall–Kier alpha value is -0.610. The van der Waals surface area contributed by atoms with Crippen molar-refractivity contribution in [2.24, 2.45) is 35.0 Å². The van der Waals surface area contributed by atoms with Crippen molar-refractivity contribution in [1.29, 1.82) is 0 Å². The van der Waals surface area contributed by atoms with Crippen molar-refractivity contribution in [1.82, 2.24) is 10.6 Å². The molecule has 124 valence electrons. The van der Waals surface area contributed by atoms with Crippen molar-refractivity contribution in [3.63, 3.8) is 0 Å². The quantitative estimate of drug-likeness (QED) is 0.722. The predicted molar refractivity (Wildman–Crippen MR) is 85.2 cm³/mol. The maximum Gasteiger partial charge on any atom is 0.220 e. The molecule has 4 aliphatic carbocycles. The van der Waals surface area contributed by atoms with Crippen molar-refractivity contribution < 1.29 is 9.90 Å². The summed E-state index contributed by atoms with van der Waals surface area (Å²) in [4.78, 5) is 12.5. The van der Waals surface area contributed by atoms with Crippen molar-refractivity contribution in [3.8, 4) is 0 Å². The van der Waals surface area contributed by atoms with Crippen LogP contribution in [0.5, 0.6) is 0 Å². The number of carbonyl (C=O) groups excluding carboxylic acids is 1. The largest absolute Gasteiger partial charge is 0.396 e. The molecule has 4 heteroatoms. The number of carbonyl (C=O) groups is 1. The summed E-state index contributed by atoms with van der Waals surface area (Å²) in [7, 11) is 0. The van der Waals surface area contributed by atoms with Gasteiger partial charge >= 0.3 is 0 Å². The molecule has 0 spiro atoms. The first kappa shape index (κ1) is 14.9. The molecular weight excluding hydrogens is 276 g/mol. The number of amides is 1. The molecule has 0 aromatic heterocycles. The van der Waals surface area contributed by atoms with Crippen LogP contribution >= 0.6 is 0 Å². The first-order chi connectivity index (χ1) is 10.7. The number of aliphatic hydroxyl groups excluding tert-OH is 1. The van der Waals surface area contributed by atoms with Gasteiger partial charge in [0.05, 0.1) is 0 Å². The monoisotopic (exact) mass is 306 g/mol. The minimum Gasteiger partial charge on any atom is -0.396 e. The topological polar surface area (TPSA) is 61.4 Å². The Morgan fingerprint density at radius 2 is 1.64 bits per heavy atom. The fourth-order valence-corrected chi connectivity index (χ4v) is 6.39. The van der Waals surface area contributed by atoms with Gasteiger partial charge in [0.1, 0.15) is 0 Å². The van der Waals surface area contributed by atoms with Crippen LogP contribution in [0.1, 0.15) is 44.9 Å². The minimum atomic E-state index is 0.225. The number of hydrogen-bond donors (Lipinski definition) is 3. The van der Waals surface area contributed by atoms with E-state index >= 15 is 0 Å². The summed E-state index contributed by atoms with van der Waals surface area (Å²) in [6.07, 6.45) is 8.97.